The first-order valence-corrected chi connectivity index (χ1v) is 9.25. The van der Waals surface area contributed by atoms with Crippen molar-refractivity contribution >= 4 is 23.8 Å². The molecule has 0 aromatic heterocycles. The standard InChI is InChI=1S/C20H23NO9/c1-9-6-10(2)8-13(7-9)17(24)21-18-15(28-12(4)23)14(27-11(3)22)16-20(29-16,30-18)19(25)26-5/h6-8,14-16,18H,1-5H3,(H,21,24)/t14-,15-,16+,18-,20+/m1/s1. The van der Waals surface area contributed by atoms with Gasteiger partial charge in [0.1, 0.15) is 0 Å². The lowest BCUT2D eigenvalue weighted by Gasteiger charge is -2.36. The van der Waals surface area contributed by atoms with Crippen LogP contribution in [0.25, 0.3) is 0 Å². The number of benzene rings is 1. The second-order valence-electron chi connectivity index (χ2n) is 7.23. The van der Waals surface area contributed by atoms with Crippen molar-refractivity contribution in [3.05, 3.63) is 34.9 Å². The van der Waals surface area contributed by atoms with Crippen LogP contribution in [0.3, 0.4) is 0 Å². The molecule has 2 aliphatic rings. The molecule has 2 aliphatic heterocycles. The topological polar surface area (TPSA) is 130 Å². The first-order chi connectivity index (χ1) is 14.1. The highest BCUT2D eigenvalue weighted by Gasteiger charge is 2.76. The summed E-state index contributed by atoms with van der Waals surface area (Å²) in [7, 11) is 1.14. The number of ether oxygens (including phenoxy) is 5. The summed E-state index contributed by atoms with van der Waals surface area (Å²) >= 11 is 0. The van der Waals surface area contributed by atoms with E-state index in [0.717, 1.165) is 32.1 Å². The van der Waals surface area contributed by atoms with Gasteiger partial charge in [0.25, 0.3) is 5.91 Å². The van der Waals surface area contributed by atoms with Gasteiger partial charge >= 0.3 is 23.7 Å². The molecule has 1 aromatic carbocycles. The van der Waals surface area contributed by atoms with E-state index in [1.54, 1.807) is 12.1 Å². The summed E-state index contributed by atoms with van der Waals surface area (Å²) in [5.41, 5.74) is 2.08. The van der Waals surface area contributed by atoms with Crippen molar-refractivity contribution < 1.29 is 42.9 Å². The summed E-state index contributed by atoms with van der Waals surface area (Å²) in [6.07, 6.45) is -4.83. The van der Waals surface area contributed by atoms with Gasteiger partial charge in [-0.25, -0.2) is 4.79 Å². The van der Waals surface area contributed by atoms with Gasteiger partial charge in [-0.2, -0.15) is 0 Å². The number of carbonyl (C=O) groups is 4. The number of amides is 1. The van der Waals surface area contributed by atoms with Gasteiger partial charge in [0.05, 0.1) is 7.11 Å². The van der Waals surface area contributed by atoms with Gasteiger partial charge in [-0.05, 0) is 26.0 Å². The zero-order chi connectivity index (χ0) is 22.2. The third-order valence-corrected chi connectivity index (χ3v) is 4.67. The molecule has 2 fully saturated rings. The molecule has 1 amide bonds. The Balaban J connectivity index is 1.93. The van der Waals surface area contributed by atoms with E-state index in [2.05, 4.69) is 5.32 Å². The van der Waals surface area contributed by atoms with Crippen LogP contribution in [0.15, 0.2) is 18.2 Å². The van der Waals surface area contributed by atoms with E-state index in [9.17, 15) is 19.2 Å². The maximum atomic E-state index is 12.8. The van der Waals surface area contributed by atoms with Crippen molar-refractivity contribution in [1.82, 2.24) is 5.32 Å². The van der Waals surface area contributed by atoms with Gasteiger partial charge in [-0.1, -0.05) is 17.2 Å². The maximum absolute atomic E-state index is 12.8. The summed E-state index contributed by atoms with van der Waals surface area (Å²) in [6.45, 7) is 6.00. The van der Waals surface area contributed by atoms with E-state index < -0.39 is 54.1 Å². The van der Waals surface area contributed by atoms with Crippen molar-refractivity contribution in [1.29, 1.82) is 0 Å². The molecular weight excluding hydrogens is 398 g/mol. The summed E-state index contributed by atoms with van der Waals surface area (Å²) in [5.74, 6) is -4.65. The predicted octanol–water partition coefficient (Wildman–Crippen LogP) is 0.521. The molecule has 0 unspecified atom stereocenters. The molecule has 0 bridgehead atoms. The minimum Gasteiger partial charge on any atom is -0.465 e. The van der Waals surface area contributed by atoms with E-state index in [4.69, 9.17) is 23.7 Å². The van der Waals surface area contributed by atoms with Crippen LogP contribution in [0.5, 0.6) is 0 Å². The number of carbonyl (C=O) groups excluding carboxylic acids is 4. The van der Waals surface area contributed by atoms with Gasteiger partial charge < -0.3 is 29.0 Å². The smallest absolute Gasteiger partial charge is 0.369 e. The van der Waals surface area contributed by atoms with Crippen LogP contribution in [-0.4, -0.2) is 61.3 Å². The van der Waals surface area contributed by atoms with Crippen molar-refractivity contribution in [3.63, 3.8) is 0 Å². The highest BCUT2D eigenvalue weighted by atomic mass is 16.8. The Labute approximate surface area is 172 Å². The van der Waals surface area contributed by atoms with Gasteiger partial charge in [0, 0.05) is 19.4 Å². The molecule has 2 saturated heterocycles. The fourth-order valence-electron chi connectivity index (χ4n) is 3.56. The van der Waals surface area contributed by atoms with Gasteiger partial charge in [-0.15, -0.1) is 0 Å². The van der Waals surface area contributed by atoms with Crippen molar-refractivity contribution in [2.45, 2.75) is 58.0 Å². The van der Waals surface area contributed by atoms with E-state index >= 15 is 0 Å². The Kier molecular flexibility index (Phi) is 5.82. The molecule has 0 spiro atoms. The van der Waals surface area contributed by atoms with Crippen LogP contribution in [0.2, 0.25) is 0 Å². The van der Waals surface area contributed by atoms with Crippen LogP contribution >= 0.6 is 0 Å². The lowest BCUT2D eigenvalue weighted by atomic mass is 10.00. The summed E-state index contributed by atoms with van der Waals surface area (Å²) < 4.78 is 26.3. The highest BCUT2D eigenvalue weighted by molar-refractivity contribution is 5.95. The number of hydrogen-bond acceptors (Lipinski definition) is 9. The largest absolute Gasteiger partial charge is 0.465 e. The molecule has 2 heterocycles. The second kappa shape index (κ2) is 8.04. The molecule has 30 heavy (non-hydrogen) atoms. The number of fused-ring (bicyclic) bond motifs is 1. The lowest BCUT2D eigenvalue weighted by Crippen LogP contribution is -2.62. The Morgan fingerprint density at radius 3 is 2.03 bits per heavy atom. The molecule has 0 radical (unpaired) electrons. The lowest BCUT2D eigenvalue weighted by molar-refractivity contribution is -0.217. The van der Waals surface area contributed by atoms with Crippen LogP contribution in [0.4, 0.5) is 0 Å². The Bertz CT molecular complexity index is 878. The number of epoxide rings is 1. The van der Waals surface area contributed by atoms with Gasteiger partial charge in [0.15, 0.2) is 24.5 Å². The monoisotopic (exact) mass is 421 g/mol. The molecule has 5 atom stereocenters. The number of methoxy groups -OCH3 is 1. The third-order valence-electron chi connectivity index (χ3n) is 4.67. The average Bonchev–Trinajstić information content (AvgIpc) is 3.37. The molecule has 162 valence electrons. The summed E-state index contributed by atoms with van der Waals surface area (Å²) in [4.78, 5) is 48.4. The van der Waals surface area contributed by atoms with E-state index in [-0.39, 0.29) is 0 Å². The van der Waals surface area contributed by atoms with Crippen molar-refractivity contribution in [2.24, 2.45) is 0 Å². The van der Waals surface area contributed by atoms with Crippen LogP contribution in [-0.2, 0) is 38.1 Å². The van der Waals surface area contributed by atoms with Gasteiger partial charge in [-0.3, -0.25) is 14.4 Å². The second-order valence-corrected chi connectivity index (χ2v) is 7.23. The van der Waals surface area contributed by atoms with Crippen molar-refractivity contribution in [3.8, 4) is 0 Å². The Morgan fingerprint density at radius 2 is 1.50 bits per heavy atom. The third kappa shape index (κ3) is 4.14. The highest BCUT2D eigenvalue weighted by Crippen LogP contribution is 2.48. The van der Waals surface area contributed by atoms with Crippen molar-refractivity contribution in [2.75, 3.05) is 7.11 Å². The fourth-order valence-corrected chi connectivity index (χ4v) is 3.56. The summed E-state index contributed by atoms with van der Waals surface area (Å²) in [6, 6.07) is 5.24. The molecular formula is C20H23NO9. The quantitative estimate of drug-likeness (QED) is 0.411. The molecule has 1 N–H and O–H groups in total. The number of aryl methyl sites for hydroxylation is 2. The number of hydrogen-bond donors (Lipinski definition) is 1. The van der Waals surface area contributed by atoms with E-state index in [1.807, 2.05) is 19.9 Å². The van der Waals surface area contributed by atoms with Crippen LogP contribution < -0.4 is 5.32 Å². The SMILES string of the molecule is COC(=O)[C@@]12O[C@@H](NC(=O)c3cc(C)cc(C)c3)[C@H](OC(C)=O)[C@@H](OC(C)=O)[C@@H]1O2. The molecule has 0 aliphatic carbocycles. The van der Waals surface area contributed by atoms with E-state index in [1.165, 1.54) is 0 Å². The van der Waals surface area contributed by atoms with E-state index in [0.29, 0.717) is 5.56 Å². The number of nitrogens with one attached hydrogen (secondary N) is 1. The predicted molar refractivity (Wildman–Crippen MR) is 99.0 cm³/mol. The average molecular weight is 421 g/mol. The van der Waals surface area contributed by atoms with Crippen LogP contribution in [0.1, 0.15) is 35.3 Å². The maximum Gasteiger partial charge on any atom is 0.369 e. The zero-order valence-corrected chi connectivity index (χ0v) is 17.2. The fraction of sp³-hybridized carbons (Fsp3) is 0.500. The normalized spacial score (nSPS) is 29.2. The molecule has 10 heteroatoms. The zero-order valence-electron chi connectivity index (χ0n) is 17.2. The molecule has 10 nitrogen and oxygen atoms in total. The first kappa shape index (κ1) is 21.7. The molecule has 0 saturated carbocycles. The molecule has 1 aromatic rings. The number of esters is 3. The minimum atomic E-state index is -1.87. The van der Waals surface area contributed by atoms with Gasteiger partial charge in [0.2, 0.25) is 0 Å². The van der Waals surface area contributed by atoms with Crippen LogP contribution in [0, 0.1) is 13.8 Å². The molecule has 3 rings (SSSR count). The minimum absolute atomic E-state index is 0.340. The number of rotatable bonds is 5. The summed E-state index contributed by atoms with van der Waals surface area (Å²) in [5, 5.41) is 2.59. The Hall–Kier alpha value is -2.98. The first-order valence-electron chi connectivity index (χ1n) is 9.25. The Morgan fingerprint density at radius 1 is 0.933 bits per heavy atom.